The summed E-state index contributed by atoms with van der Waals surface area (Å²) in [6.45, 7) is 1.47. The van der Waals surface area contributed by atoms with E-state index in [0.717, 1.165) is 43.0 Å². The maximum absolute atomic E-state index is 12.0. The second-order valence-electron chi connectivity index (χ2n) is 6.31. The lowest BCUT2D eigenvalue weighted by Crippen LogP contribution is -2.39. The second kappa shape index (κ2) is 10.5. The number of guanidine groups is 1. The molecule has 7 heteroatoms. The van der Waals surface area contributed by atoms with Crippen molar-refractivity contribution in [3.8, 4) is 0 Å². The van der Waals surface area contributed by atoms with E-state index >= 15 is 0 Å². The Kier molecular flexibility index (Phi) is 8.07. The predicted molar refractivity (Wildman–Crippen MR) is 110 cm³/mol. The zero-order valence-electron chi connectivity index (χ0n) is 16.0. The highest BCUT2D eigenvalue weighted by atomic mass is 35.5. The SMILES string of the molecule is CN=C(NCCc1ccc(Cl)nc1)NCCc1cccc(C(=O)N(C)C)c1. The first-order valence-corrected chi connectivity index (χ1v) is 9.23. The zero-order valence-corrected chi connectivity index (χ0v) is 16.8. The smallest absolute Gasteiger partial charge is 0.253 e. The molecule has 0 atom stereocenters. The van der Waals surface area contributed by atoms with Crippen LogP contribution in [0.1, 0.15) is 21.5 Å². The van der Waals surface area contributed by atoms with Gasteiger partial charge in [-0.1, -0.05) is 29.8 Å². The van der Waals surface area contributed by atoms with Crippen LogP contribution in [0.3, 0.4) is 0 Å². The van der Waals surface area contributed by atoms with Crippen molar-refractivity contribution < 1.29 is 4.79 Å². The third kappa shape index (κ3) is 6.90. The first-order chi connectivity index (χ1) is 13.0. The van der Waals surface area contributed by atoms with E-state index in [1.807, 2.05) is 30.3 Å². The van der Waals surface area contributed by atoms with Crippen LogP contribution in [0.15, 0.2) is 47.6 Å². The molecule has 0 saturated heterocycles. The Morgan fingerprint density at radius 2 is 1.81 bits per heavy atom. The Labute approximate surface area is 165 Å². The molecule has 0 bridgehead atoms. The molecule has 2 rings (SSSR count). The quantitative estimate of drug-likeness (QED) is 0.435. The molecule has 0 aliphatic rings. The van der Waals surface area contributed by atoms with Gasteiger partial charge in [0.25, 0.3) is 5.91 Å². The van der Waals surface area contributed by atoms with E-state index in [2.05, 4.69) is 20.6 Å². The van der Waals surface area contributed by atoms with Crippen LogP contribution in [0.4, 0.5) is 0 Å². The summed E-state index contributed by atoms with van der Waals surface area (Å²) >= 11 is 5.79. The molecular weight excluding hydrogens is 362 g/mol. The largest absolute Gasteiger partial charge is 0.356 e. The van der Waals surface area contributed by atoms with Crippen molar-refractivity contribution in [1.82, 2.24) is 20.5 Å². The maximum atomic E-state index is 12.0. The number of pyridine rings is 1. The minimum Gasteiger partial charge on any atom is -0.356 e. The molecule has 1 amide bonds. The van der Waals surface area contributed by atoms with Crippen molar-refractivity contribution in [2.24, 2.45) is 4.99 Å². The normalized spacial score (nSPS) is 11.2. The molecule has 27 heavy (non-hydrogen) atoms. The minimum absolute atomic E-state index is 0.0129. The number of hydrogen-bond acceptors (Lipinski definition) is 3. The van der Waals surface area contributed by atoms with Crippen molar-refractivity contribution >= 4 is 23.5 Å². The Hall–Kier alpha value is -2.60. The molecule has 2 aromatic rings. The number of aromatic nitrogens is 1. The molecule has 0 saturated carbocycles. The van der Waals surface area contributed by atoms with Crippen LogP contribution in [0, 0.1) is 0 Å². The Bertz CT molecular complexity index is 774. The molecule has 1 aromatic carbocycles. The predicted octanol–water partition coefficient (Wildman–Crippen LogP) is 2.39. The number of benzene rings is 1. The van der Waals surface area contributed by atoms with Gasteiger partial charge in [0.1, 0.15) is 5.15 Å². The first kappa shape index (κ1) is 20.7. The number of halogens is 1. The number of aliphatic imine (C=N–C) groups is 1. The van der Waals surface area contributed by atoms with Gasteiger partial charge in [-0.15, -0.1) is 0 Å². The van der Waals surface area contributed by atoms with E-state index in [1.54, 1.807) is 38.3 Å². The minimum atomic E-state index is 0.0129. The van der Waals surface area contributed by atoms with Crippen molar-refractivity contribution in [1.29, 1.82) is 0 Å². The van der Waals surface area contributed by atoms with Gasteiger partial charge in [0.15, 0.2) is 5.96 Å². The lowest BCUT2D eigenvalue weighted by molar-refractivity contribution is 0.0827. The maximum Gasteiger partial charge on any atom is 0.253 e. The fourth-order valence-electron chi connectivity index (χ4n) is 2.54. The number of carbonyl (C=O) groups excluding carboxylic acids is 1. The van der Waals surface area contributed by atoms with Gasteiger partial charge in [-0.25, -0.2) is 4.98 Å². The standard InChI is InChI=1S/C20H26ClN5O/c1-22-20(24-12-10-16-7-8-18(21)25-14-16)23-11-9-15-5-4-6-17(13-15)19(27)26(2)3/h4-8,13-14H,9-12H2,1-3H3,(H2,22,23,24). The molecule has 0 unspecified atom stereocenters. The fourth-order valence-corrected chi connectivity index (χ4v) is 2.66. The van der Waals surface area contributed by atoms with Gasteiger partial charge >= 0.3 is 0 Å². The van der Waals surface area contributed by atoms with E-state index in [9.17, 15) is 4.79 Å². The second-order valence-corrected chi connectivity index (χ2v) is 6.70. The molecule has 1 heterocycles. The number of rotatable bonds is 7. The molecule has 144 valence electrons. The fraction of sp³-hybridized carbons (Fsp3) is 0.350. The van der Waals surface area contributed by atoms with Gasteiger partial charge in [0.2, 0.25) is 0 Å². The molecule has 2 N–H and O–H groups in total. The average Bonchev–Trinajstić information content (AvgIpc) is 2.67. The monoisotopic (exact) mass is 387 g/mol. The molecule has 1 aromatic heterocycles. The Morgan fingerprint density at radius 3 is 2.41 bits per heavy atom. The van der Waals surface area contributed by atoms with Crippen LogP contribution in [-0.2, 0) is 12.8 Å². The lowest BCUT2D eigenvalue weighted by atomic mass is 10.1. The van der Waals surface area contributed by atoms with Gasteiger partial charge in [-0.3, -0.25) is 9.79 Å². The number of nitrogens with zero attached hydrogens (tertiary/aromatic N) is 3. The lowest BCUT2D eigenvalue weighted by Gasteiger charge is -2.13. The summed E-state index contributed by atoms with van der Waals surface area (Å²) in [5.41, 5.74) is 2.93. The van der Waals surface area contributed by atoms with Gasteiger partial charge < -0.3 is 15.5 Å². The van der Waals surface area contributed by atoms with Crippen molar-refractivity contribution in [2.75, 3.05) is 34.2 Å². The highest BCUT2D eigenvalue weighted by Gasteiger charge is 2.08. The Balaban J connectivity index is 1.77. The van der Waals surface area contributed by atoms with Crippen molar-refractivity contribution in [3.63, 3.8) is 0 Å². The topological polar surface area (TPSA) is 69.6 Å². The Morgan fingerprint density at radius 1 is 1.11 bits per heavy atom. The summed E-state index contributed by atoms with van der Waals surface area (Å²) in [6.07, 6.45) is 3.41. The van der Waals surface area contributed by atoms with E-state index in [1.165, 1.54) is 0 Å². The highest BCUT2D eigenvalue weighted by Crippen LogP contribution is 2.08. The van der Waals surface area contributed by atoms with Crippen LogP contribution in [0.5, 0.6) is 0 Å². The number of hydrogen-bond donors (Lipinski definition) is 2. The molecule has 0 fully saturated rings. The third-order valence-corrected chi connectivity index (χ3v) is 4.23. The zero-order chi connectivity index (χ0) is 19.6. The summed E-state index contributed by atoms with van der Waals surface area (Å²) in [4.78, 5) is 21.9. The third-order valence-electron chi connectivity index (χ3n) is 4.00. The van der Waals surface area contributed by atoms with Crippen LogP contribution >= 0.6 is 11.6 Å². The molecular formula is C20H26ClN5O. The average molecular weight is 388 g/mol. The van der Waals surface area contributed by atoms with E-state index in [-0.39, 0.29) is 5.91 Å². The van der Waals surface area contributed by atoms with E-state index in [4.69, 9.17) is 11.6 Å². The molecule has 0 aliphatic carbocycles. The molecule has 6 nitrogen and oxygen atoms in total. The first-order valence-electron chi connectivity index (χ1n) is 8.85. The van der Waals surface area contributed by atoms with Gasteiger partial charge in [-0.2, -0.15) is 0 Å². The van der Waals surface area contributed by atoms with Crippen LogP contribution in [0.25, 0.3) is 0 Å². The number of carbonyl (C=O) groups is 1. The van der Waals surface area contributed by atoms with Crippen LogP contribution in [-0.4, -0.2) is 56.0 Å². The number of nitrogens with one attached hydrogen (secondary N) is 2. The summed E-state index contributed by atoms with van der Waals surface area (Å²) < 4.78 is 0. The van der Waals surface area contributed by atoms with Gasteiger partial charge in [0.05, 0.1) is 0 Å². The summed E-state index contributed by atoms with van der Waals surface area (Å²) in [6, 6.07) is 11.5. The van der Waals surface area contributed by atoms with E-state index < -0.39 is 0 Å². The highest BCUT2D eigenvalue weighted by molar-refractivity contribution is 6.29. The van der Waals surface area contributed by atoms with Crippen LogP contribution in [0.2, 0.25) is 5.15 Å². The molecule has 0 radical (unpaired) electrons. The van der Waals surface area contributed by atoms with Gasteiger partial charge in [-0.05, 0) is 42.2 Å². The number of amides is 1. The summed E-state index contributed by atoms with van der Waals surface area (Å²) in [5.74, 6) is 0.761. The molecule has 0 spiro atoms. The van der Waals surface area contributed by atoms with Crippen molar-refractivity contribution in [3.05, 3.63) is 64.4 Å². The van der Waals surface area contributed by atoms with E-state index in [0.29, 0.717) is 10.7 Å². The van der Waals surface area contributed by atoms with Crippen molar-refractivity contribution in [2.45, 2.75) is 12.8 Å². The van der Waals surface area contributed by atoms with Gasteiger partial charge in [0, 0.05) is 46.0 Å². The molecule has 0 aliphatic heterocycles. The van der Waals surface area contributed by atoms with Crippen LogP contribution < -0.4 is 10.6 Å². The summed E-state index contributed by atoms with van der Waals surface area (Å²) in [7, 11) is 5.26. The summed E-state index contributed by atoms with van der Waals surface area (Å²) in [5, 5.41) is 7.07.